The molecule has 2 atom stereocenters. The van der Waals surface area contributed by atoms with Crippen molar-refractivity contribution >= 4 is 11.9 Å². The van der Waals surface area contributed by atoms with E-state index in [1.54, 1.807) is 0 Å². The molecule has 0 saturated carbocycles. The Kier molecular flexibility index (Phi) is 8.92. The molecule has 0 heterocycles. The molecule has 0 rings (SSSR count). The average molecular weight is 270 g/mol. The van der Waals surface area contributed by atoms with Crippen molar-refractivity contribution in [3.8, 4) is 0 Å². The summed E-state index contributed by atoms with van der Waals surface area (Å²) in [6.45, 7) is 8.27. The molecule has 0 amide bonds. The summed E-state index contributed by atoms with van der Waals surface area (Å²) in [5, 5.41) is 8.48. The lowest BCUT2D eigenvalue weighted by atomic mass is 9.87. The van der Waals surface area contributed by atoms with Gasteiger partial charge in [0.05, 0.1) is 0 Å². The number of aliphatic carboxylic acids is 1. The van der Waals surface area contributed by atoms with E-state index in [0.29, 0.717) is 5.92 Å². The zero-order valence-corrected chi connectivity index (χ0v) is 12.4. The first-order valence-electron chi connectivity index (χ1n) is 7.03. The summed E-state index contributed by atoms with van der Waals surface area (Å²) in [5.74, 6) is -1.15. The molecule has 0 bridgehead atoms. The van der Waals surface area contributed by atoms with E-state index in [4.69, 9.17) is 9.84 Å². The van der Waals surface area contributed by atoms with Gasteiger partial charge in [-0.2, -0.15) is 0 Å². The van der Waals surface area contributed by atoms with Gasteiger partial charge in [-0.1, -0.05) is 40.5 Å². The zero-order chi connectivity index (χ0) is 14.8. The van der Waals surface area contributed by atoms with Gasteiger partial charge < -0.3 is 9.84 Å². The number of carboxylic acid groups (broad SMARTS) is 1. The van der Waals surface area contributed by atoms with Crippen molar-refractivity contribution in [1.29, 1.82) is 0 Å². The summed E-state index contributed by atoms with van der Waals surface area (Å²) >= 11 is 0. The maximum absolute atomic E-state index is 11.6. The second kappa shape index (κ2) is 9.59. The molecule has 0 radical (unpaired) electrons. The SMILES string of the molecule is CCCCC(CC)C(OC(=O)/C=C\C(=O)O)C(C)C. The molecule has 1 N–H and O–H groups in total. The molecule has 0 aromatic carbocycles. The zero-order valence-electron chi connectivity index (χ0n) is 12.4. The van der Waals surface area contributed by atoms with Crippen LogP contribution < -0.4 is 0 Å². The van der Waals surface area contributed by atoms with Gasteiger partial charge in [-0.05, 0) is 24.7 Å². The first-order chi connectivity index (χ1) is 8.92. The molecule has 0 aromatic rings. The molecular weight excluding hydrogens is 244 g/mol. The van der Waals surface area contributed by atoms with Gasteiger partial charge in [-0.25, -0.2) is 9.59 Å². The van der Waals surface area contributed by atoms with Crippen LogP contribution in [0.15, 0.2) is 12.2 Å². The number of carboxylic acids is 1. The number of carbonyl (C=O) groups is 2. The summed E-state index contributed by atoms with van der Waals surface area (Å²) in [4.78, 5) is 21.9. The highest BCUT2D eigenvalue weighted by molar-refractivity contribution is 5.90. The van der Waals surface area contributed by atoms with Crippen LogP contribution in [0.1, 0.15) is 53.4 Å². The number of hydrogen-bond acceptors (Lipinski definition) is 3. The molecule has 0 saturated heterocycles. The molecule has 110 valence electrons. The average Bonchev–Trinajstić information content (AvgIpc) is 2.35. The fourth-order valence-corrected chi connectivity index (χ4v) is 2.16. The highest BCUT2D eigenvalue weighted by atomic mass is 16.5. The van der Waals surface area contributed by atoms with E-state index in [-0.39, 0.29) is 12.0 Å². The molecule has 19 heavy (non-hydrogen) atoms. The second-order valence-electron chi connectivity index (χ2n) is 5.13. The Morgan fingerprint density at radius 2 is 1.84 bits per heavy atom. The first kappa shape index (κ1) is 17.7. The van der Waals surface area contributed by atoms with Crippen molar-refractivity contribution in [2.45, 2.75) is 59.5 Å². The molecule has 0 aliphatic carbocycles. The first-order valence-corrected chi connectivity index (χ1v) is 7.03. The van der Waals surface area contributed by atoms with Crippen LogP contribution in [0.5, 0.6) is 0 Å². The van der Waals surface area contributed by atoms with Crippen molar-refractivity contribution in [3.05, 3.63) is 12.2 Å². The number of carbonyl (C=O) groups excluding carboxylic acids is 1. The predicted molar refractivity (Wildman–Crippen MR) is 74.8 cm³/mol. The molecule has 4 heteroatoms. The Bertz CT molecular complexity index is 307. The summed E-state index contributed by atoms with van der Waals surface area (Å²) in [6, 6.07) is 0. The quantitative estimate of drug-likeness (QED) is 0.515. The monoisotopic (exact) mass is 270 g/mol. The van der Waals surface area contributed by atoms with Gasteiger partial charge in [-0.3, -0.25) is 0 Å². The Labute approximate surface area is 115 Å². The molecule has 0 aliphatic rings. The van der Waals surface area contributed by atoms with E-state index in [9.17, 15) is 9.59 Å². The highest BCUT2D eigenvalue weighted by Crippen LogP contribution is 2.25. The molecule has 0 spiro atoms. The van der Waals surface area contributed by atoms with Crippen molar-refractivity contribution in [1.82, 2.24) is 0 Å². The standard InChI is InChI=1S/C15H26O4/c1-5-7-8-12(6-2)15(11(3)4)19-14(18)10-9-13(16)17/h9-12,15H,5-8H2,1-4H3,(H,16,17)/b10-9-. The van der Waals surface area contributed by atoms with E-state index in [1.807, 2.05) is 13.8 Å². The van der Waals surface area contributed by atoms with E-state index < -0.39 is 11.9 Å². The lowest BCUT2D eigenvalue weighted by Gasteiger charge is -2.29. The van der Waals surface area contributed by atoms with Gasteiger partial charge in [0.2, 0.25) is 0 Å². The third-order valence-electron chi connectivity index (χ3n) is 3.19. The Hall–Kier alpha value is -1.32. The van der Waals surface area contributed by atoms with Crippen LogP contribution in [0.25, 0.3) is 0 Å². The minimum Gasteiger partial charge on any atom is -0.478 e. The Balaban J connectivity index is 4.62. The third kappa shape index (κ3) is 7.65. The second-order valence-corrected chi connectivity index (χ2v) is 5.13. The summed E-state index contributed by atoms with van der Waals surface area (Å²) in [5.41, 5.74) is 0. The minimum absolute atomic E-state index is 0.150. The number of unbranched alkanes of at least 4 members (excludes halogenated alkanes) is 1. The maximum Gasteiger partial charge on any atom is 0.331 e. The number of ether oxygens (including phenoxy) is 1. The Morgan fingerprint density at radius 1 is 1.21 bits per heavy atom. The summed E-state index contributed by atoms with van der Waals surface area (Å²) < 4.78 is 5.42. The molecule has 0 aliphatic heterocycles. The number of esters is 1. The molecule has 0 fully saturated rings. The smallest absolute Gasteiger partial charge is 0.331 e. The molecule has 4 nitrogen and oxygen atoms in total. The van der Waals surface area contributed by atoms with Gasteiger partial charge in [0.25, 0.3) is 0 Å². The van der Waals surface area contributed by atoms with Crippen LogP contribution >= 0.6 is 0 Å². The van der Waals surface area contributed by atoms with Gasteiger partial charge >= 0.3 is 11.9 Å². The van der Waals surface area contributed by atoms with Crippen LogP contribution in [-0.4, -0.2) is 23.1 Å². The van der Waals surface area contributed by atoms with Crippen molar-refractivity contribution in [2.75, 3.05) is 0 Å². The predicted octanol–water partition coefficient (Wildman–Crippen LogP) is 3.41. The molecule has 2 unspecified atom stereocenters. The van der Waals surface area contributed by atoms with Crippen molar-refractivity contribution < 1.29 is 19.4 Å². The van der Waals surface area contributed by atoms with Gasteiger partial charge in [0, 0.05) is 12.2 Å². The van der Waals surface area contributed by atoms with Gasteiger partial charge in [0.1, 0.15) is 6.10 Å². The highest BCUT2D eigenvalue weighted by Gasteiger charge is 2.25. The number of rotatable bonds is 9. The van der Waals surface area contributed by atoms with Gasteiger partial charge in [0.15, 0.2) is 0 Å². The fourth-order valence-electron chi connectivity index (χ4n) is 2.16. The van der Waals surface area contributed by atoms with Crippen LogP contribution in [0, 0.1) is 11.8 Å². The van der Waals surface area contributed by atoms with E-state index in [1.165, 1.54) is 0 Å². The minimum atomic E-state index is -1.14. The van der Waals surface area contributed by atoms with Crippen molar-refractivity contribution in [2.24, 2.45) is 11.8 Å². The third-order valence-corrected chi connectivity index (χ3v) is 3.19. The topological polar surface area (TPSA) is 63.6 Å². The summed E-state index contributed by atoms with van der Waals surface area (Å²) in [7, 11) is 0. The molecule has 0 aromatic heterocycles. The van der Waals surface area contributed by atoms with Crippen LogP contribution in [0.3, 0.4) is 0 Å². The molecular formula is C15H26O4. The normalized spacial score (nSPS) is 14.6. The van der Waals surface area contributed by atoms with E-state index in [2.05, 4.69) is 13.8 Å². The van der Waals surface area contributed by atoms with Crippen LogP contribution in [0.2, 0.25) is 0 Å². The van der Waals surface area contributed by atoms with Crippen LogP contribution in [0.4, 0.5) is 0 Å². The van der Waals surface area contributed by atoms with E-state index in [0.717, 1.165) is 37.8 Å². The number of hydrogen-bond donors (Lipinski definition) is 1. The van der Waals surface area contributed by atoms with Crippen LogP contribution in [-0.2, 0) is 14.3 Å². The van der Waals surface area contributed by atoms with E-state index >= 15 is 0 Å². The lowest BCUT2D eigenvalue weighted by molar-refractivity contribution is -0.149. The van der Waals surface area contributed by atoms with Crippen molar-refractivity contribution in [3.63, 3.8) is 0 Å². The van der Waals surface area contributed by atoms with Gasteiger partial charge in [-0.15, -0.1) is 0 Å². The fraction of sp³-hybridized carbons (Fsp3) is 0.733. The largest absolute Gasteiger partial charge is 0.478 e. The lowest BCUT2D eigenvalue weighted by Crippen LogP contribution is -2.31. The summed E-state index contributed by atoms with van der Waals surface area (Å²) in [6.07, 6.45) is 5.86. The Morgan fingerprint density at radius 3 is 2.26 bits per heavy atom. The maximum atomic E-state index is 11.6.